The predicted molar refractivity (Wildman–Crippen MR) is 147 cm³/mol. The first-order valence-electron chi connectivity index (χ1n) is 11.9. The highest BCUT2D eigenvalue weighted by atomic mass is 35.5. The molecule has 5 rings (SSSR count). The lowest BCUT2D eigenvalue weighted by Gasteiger charge is -2.33. The second-order valence-corrected chi connectivity index (χ2v) is 8.93. The van der Waals surface area contributed by atoms with Crippen molar-refractivity contribution in [3.63, 3.8) is 0 Å². The van der Waals surface area contributed by atoms with E-state index in [0.29, 0.717) is 23.2 Å². The number of para-hydroxylation sites is 2. The summed E-state index contributed by atoms with van der Waals surface area (Å²) in [5.41, 5.74) is 3.40. The van der Waals surface area contributed by atoms with Crippen LogP contribution in [0, 0.1) is 0 Å². The highest BCUT2D eigenvalue weighted by Crippen LogP contribution is 2.42. The molecule has 4 aromatic rings. The molecule has 0 fully saturated rings. The molecule has 186 valence electrons. The number of nitrogens with zero attached hydrogens (tertiary/aromatic N) is 3. The van der Waals surface area contributed by atoms with E-state index in [1.807, 2.05) is 113 Å². The van der Waals surface area contributed by atoms with Crippen LogP contribution in [0.15, 0.2) is 108 Å². The molecule has 0 aromatic heterocycles. The van der Waals surface area contributed by atoms with Gasteiger partial charge in [0.15, 0.2) is 17.8 Å². The fraction of sp³-hybridized carbons (Fsp3) is 0.133. The zero-order valence-electron chi connectivity index (χ0n) is 20.5. The van der Waals surface area contributed by atoms with E-state index >= 15 is 0 Å². The summed E-state index contributed by atoms with van der Waals surface area (Å²) in [6, 6.07) is 32.8. The summed E-state index contributed by atoms with van der Waals surface area (Å²) in [5, 5.41) is 7.31. The topological polar surface area (TPSA) is 54.4 Å². The lowest BCUT2D eigenvalue weighted by Crippen LogP contribution is -2.38. The Bertz CT molecular complexity index is 1420. The number of ether oxygens (including phenoxy) is 2. The SMILES string of the molecule is COc1ccc(N2C(C(C)=O)=NN(c3ccccc3)[C@H]2c2ccccc2OCc2ccccc2Cl)cc1. The van der Waals surface area contributed by atoms with Crippen LogP contribution in [0.1, 0.15) is 24.2 Å². The maximum Gasteiger partial charge on any atom is 0.198 e. The maximum atomic E-state index is 12.9. The molecule has 0 spiro atoms. The average Bonchev–Trinajstić information content (AvgIpc) is 3.34. The number of methoxy groups -OCH3 is 1. The first kappa shape index (κ1) is 24.4. The van der Waals surface area contributed by atoms with Gasteiger partial charge in [0.25, 0.3) is 0 Å². The summed E-state index contributed by atoms with van der Waals surface area (Å²) >= 11 is 6.38. The number of anilines is 2. The Hall–Kier alpha value is -4.29. The number of hydrazone groups is 1. The molecule has 0 aliphatic carbocycles. The van der Waals surface area contributed by atoms with Crippen molar-refractivity contribution in [3.8, 4) is 11.5 Å². The monoisotopic (exact) mass is 511 g/mol. The number of halogens is 1. The third-order valence-corrected chi connectivity index (χ3v) is 6.50. The summed E-state index contributed by atoms with van der Waals surface area (Å²) in [5.74, 6) is 1.59. The van der Waals surface area contributed by atoms with Crippen molar-refractivity contribution in [2.45, 2.75) is 19.7 Å². The molecule has 1 aliphatic rings. The van der Waals surface area contributed by atoms with Crippen molar-refractivity contribution in [1.29, 1.82) is 0 Å². The third-order valence-electron chi connectivity index (χ3n) is 6.13. The molecule has 6 nitrogen and oxygen atoms in total. The van der Waals surface area contributed by atoms with Gasteiger partial charge in [0.1, 0.15) is 18.1 Å². The minimum absolute atomic E-state index is 0.145. The molecule has 0 saturated carbocycles. The lowest BCUT2D eigenvalue weighted by molar-refractivity contribution is -0.111. The normalized spacial score (nSPS) is 14.9. The smallest absolute Gasteiger partial charge is 0.198 e. The first-order chi connectivity index (χ1) is 18.1. The summed E-state index contributed by atoms with van der Waals surface area (Å²) in [6.45, 7) is 1.83. The van der Waals surface area contributed by atoms with Gasteiger partial charge in [0, 0.05) is 28.8 Å². The highest BCUT2D eigenvalue weighted by Gasteiger charge is 2.40. The van der Waals surface area contributed by atoms with Crippen LogP contribution in [0.4, 0.5) is 11.4 Å². The van der Waals surface area contributed by atoms with Gasteiger partial charge in [0.2, 0.25) is 0 Å². The van der Waals surface area contributed by atoms with Gasteiger partial charge in [-0.2, -0.15) is 0 Å². The van der Waals surface area contributed by atoms with Gasteiger partial charge in [-0.1, -0.05) is 66.2 Å². The summed E-state index contributed by atoms with van der Waals surface area (Å²) in [7, 11) is 1.62. The Balaban J connectivity index is 1.61. The minimum Gasteiger partial charge on any atom is -0.497 e. The number of benzene rings is 4. The van der Waals surface area contributed by atoms with Crippen LogP contribution in [-0.2, 0) is 11.4 Å². The summed E-state index contributed by atoms with van der Waals surface area (Å²) in [4.78, 5) is 14.8. The average molecular weight is 512 g/mol. The van der Waals surface area contributed by atoms with Gasteiger partial charge in [-0.05, 0) is 48.5 Å². The molecule has 1 atom stereocenters. The van der Waals surface area contributed by atoms with Crippen molar-refractivity contribution in [2.75, 3.05) is 17.0 Å². The fourth-order valence-electron chi connectivity index (χ4n) is 4.32. The number of carbonyl (C=O) groups excluding carboxylic acids is 1. The number of rotatable bonds is 8. The molecule has 0 saturated heterocycles. The molecule has 4 aromatic carbocycles. The fourth-order valence-corrected chi connectivity index (χ4v) is 4.51. The standard InChI is InChI=1S/C30H26ClN3O3/c1-21(35)29-32-34(24-11-4-3-5-12-24)30(33(29)23-16-18-25(36-2)19-17-23)26-13-7-9-15-28(26)37-20-22-10-6-8-14-27(22)31/h3-19,30H,20H2,1-2H3/t30-/m0/s1. The molecule has 1 heterocycles. The summed E-state index contributed by atoms with van der Waals surface area (Å²) < 4.78 is 11.7. The molecule has 37 heavy (non-hydrogen) atoms. The van der Waals surface area contributed by atoms with Crippen LogP contribution >= 0.6 is 11.6 Å². The zero-order chi connectivity index (χ0) is 25.8. The van der Waals surface area contributed by atoms with Crippen molar-refractivity contribution in [1.82, 2.24) is 0 Å². The summed E-state index contributed by atoms with van der Waals surface area (Å²) in [6.07, 6.45) is -0.475. The largest absolute Gasteiger partial charge is 0.497 e. The molecule has 0 amide bonds. The van der Waals surface area contributed by atoms with Crippen molar-refractivity contribution >= 4 is 34.6 Å². The number of hydrogen-bond acceptors (Lipinski definition) is 6. The number of carbonyl (C=O) groups is 1. The van der Waals surface area contributed by atoms with Crippen LogP contribution < -0.4 is 19.4 Å². The molecule has 0 unspecified atom stereocenters. The molecule has 1 aliphatic heterocycles. The van der Waals surface area contributed by atoms with Crippen LogP contribution in [-0.4, -0.2) is 18.7 Å². The number of hydrogen-bond donors (Lipinski definition) is 0. The van der Waals surface area contributed by atoms with E-state index in [9.17, 15) is 4.79 Å². The maximum absolute atomic E-state index is 12.9. The van der Waals surface area contributed by atoms with Crippen LogP contribution in [0.5, 0.6) is 11.5 Å². The van der Waals surface area contributed by atoms with Gasteiger partial charge in [-0.15, -0.1) is 5.10 Å². The second-order valence-electron chi connectivity index (χ2n) is 8.52. The quantitative estimate of drug-likeness (QED) is 0.259. The Morgan fingerprint density at radius 2 is 1.54 bits per heavy atom. The van der Waals surface area contributed by atoms with Crippen LogP contribution in [0.25, 0.3) is 0 Å². The molecule has 7 heteroatoms. The van der Waals surface area contributed by atoms with Gasteiger partial charge in [0.05, 0.1) is 12.8 Å². The van der Waals surface area contributed by atoms with E-state index < -0.39 is 6.17 Å². The molecular formula is C30H26ClN3O3. The van der Waals surface area contributed by atoms with Gasteiger partial charge in [-0.3, -0.25) is 9.69 Å². The molecule has 0 N–H and O–H groups in total. The number of ketones is 1. The Kier molecular flexibility index (Phi) is 7.10. The van der Waals surface area contributed by atoms with E-state index in [-0.39, 0.29) is 5.78 Å². The molecule has 0 bridgehead atoms. The van der Waals surface area contributed by atoms with E-state index in [1.54, 1.807) is 7.11 Å². The highest BCUT2D eigenvalue weighted by molar-refractivity contribution is 6.44. The Morgan fingerprint density at radius 1 is 0.865 bits per heavy atom. The van der Waals surface area contributed by atoms with Crippen molar-refractivity contribution < 1.29 is 14.3 Å². The number of amidine groups is 1. The van der Waals surface area contributed by atoms with Crippen molar-refractivity contribution in [3.05, 3.63) is 119 Å². The Labute approximate surface area is 221 Å². The van der Waals surface area contributed by atoms with E-state index in [0.717, 1.165) is 28.3 Å². The lowest BCUT2D eigenvalue weighted by atomic mass is 10.1. The molecule has 0 radical (unpaired) electrons. The van der Waals surface area contributed by atoms with E-state index in [2.05, 4.69) is 0 Å². The zero-order valence-corrected chi connectivity index (χ0v) is 21.3. The van der Waals surface area contributed by atoms with E-state index in [1.165, 1.54) is 6.92 Å². The van der Waals surface area contributed by atoms with Crippen LogP contribution in [0.3, 0.4) is 0 Å². The number of Topliss-reactive ketones (excluding diaryl/α,β-unsaturated/α-hetero) is 1. The third kappa shape index (κ3) is 5.01. The van der Waals surface area contributed by atoms with Gasteiger partial charge in [-0.25, -0.2) is 5.01 Å². The van der Waals surface area contributed by atoms with Gasteiger partial charge >= 0.3 is 0 Å². The van der Waals surface area contributed by atoms with Crippen LogP contribution in [0.2, 0.25) is 5.02 Å². The predicted octanol–water partition coefficient (Wildman–Crippen LogP) is 6.86. The molecular weight excluding hydrogens is 486 g/mol. The minimum atomic E-state index is -0.475. The first-order valence-corrected chi connectivity index (χ1v) is 12.3. The second kappa shape index (κ2) is 10.8. The van der Waals surface area contributed by atoms with Crippen molar-refractivity contribution in [2.24, 2.45) is 5.10 Å². The van der Waals surface area contributed by atoms with Gasteiger partial charge < -0.3 is 9.47 Å². The van der Waals surface area contributed by atoms with E-state index in [4.69, 9.17) is 26.2 Å². The Morgan fingerprint density at radius 3 is 2.24 bits per heavy atom.